The fourth-order valence-electron chi connectivity index (χ4n) is 1.82. The van der Waals surface area contributed by atoms with E-state index >= 15 is 0 Å². The fraction of sp³-hybridized carbons (Fsp3) is 0.417. The summed E-state index contributed by atoms with van der Waals surface area (Å²) in [7, 11) is -3.56. The van der Waals surface area contributed by atoms with Gasteiger partial charge in [0.25, 0.3) is 0 Å². The van der Waals surface area contributed by atoms with E-state index < -0.39 is 10.0 Å². The second kappa shape index (κ2) is 5.48. The van der Waals surface area contributed by atoms with Crippen LogP contribution in [0.15, 0.2) is 29.2 Å². The first-order chi connectivity index (χ1) is 8.62. The van der Waals surface area contributed by atoms with Crippen LogP contribution in [0.5, 0.6) is 0 Å². The number of ether oxygens (including phenoxy) is 1. The lowest BCUT2D eigenvalue weighted by Gasteiger charge is -2.11. The Morgan fingerprint density at radius 3 is 3.00 bits per heavy atom. The lowest BCUT2D eigenvalue weighted by atomic mass is 10.2. The molecule has 1 aromatic rings. The molecular weight excluding hydrogens is 252 g/mol. The summed E-state index contributed by atoms with van der Waals surface area (Å²) < 4.78 is 31.8. The maximum atomic E-state index is 12.0. The van der Waals surface area contributed by atoms with E-state index in [2.05, 4.69) is 4.72 Å². The highest BCUT2D eigenvalue weighted by Crippen LogP contribution is 2.14. The van der Waals surface area contributed by atoms with Gasteiger partial charge in [-0.1, -0.05) is 6.07 Å². The van der Waals surface area contributed by atoms with Gasteiger partial charge < -0.3 is 4.74 Å². The molecular formula is C12H14N2O3S. The first-order valence-electron chi connectivity index (χ1n) is 5.73. The van der Waals surface area contributed by atoms with Gasteiger partial charge in [0.2, 0.25) is 10.0 Å². The summed E-state index contributed by atoms with van der Waals surface area (Å²) in [5.41, 5.74) is 0.329. The Morgan fingerprint density at radius 1 is 1.50 bits per heavy atom. The van der Waals surface area contributed by atoms with Gasteiger partial charge in [-0.25, -0.2) is 13.1 Å². The van der Waals surface area contributed by atoms with Gasteiger partial charge in [0, 0.05) is 13.2 Å². The Morgan fingerprint density at radius 2 is 2.33 bits per heavy atom. The van der Waals surface area contributed by atoms with E-state index in [9.17, 15) is 8.42 Å². The van der Waals surface area contributed by atoms with Gasteiger partial charge in [-0.15, -0.1) is 0 Å². The molecule has 1 aliphatic rings. The molecule has 0 spiro atoms. The molecule has 6 heteroatoms. The van der Waals surface area contributed by atoms with Crippen molar-refractivity contribution in [3.63, 3.8) is 0 Å². The van der Waals surface area contributed by atoms with E-state index in [1.54, 1.807) is 12.1 Å². The van der Waals surface area contributed by atoms with Crippen molar-refractivity contribution in [1.29, 1.82) is 5.26 Å². The van der Waals surface area contributed by atoms with Crippen molar-refractivity contribution in [2.24, 2.45) is 0 Å². The number of nitrogens with one attached hydrogen (secondary N) is 1. The van der Waals surface area contributed by atoms with Crippen molar-refractivity contribution in [3.05, 3.63) is 29.8 Å². The van der Waals surface area contributed by atoms with E-state index in [4.69, 9.17) is 10.00 Å². The third-order valence-electron chi connectivity index (χ3n) is 2.80. The van der Waals surface area contributed by atoms with Gasteiger partial charge in [-0.2, -0.15) is 5.26 Å². The van der Waals surface area contributed by atoms with E-state index in [1.165, 1.54) is 12.1 Å². The largest absolute Gasteiger partial charge is 0.377 e. The average molecular weight is 266 g/mol. The normalized spacial score (nSPS) is 19.6. The molecule has 0 amide bonds. The summed E-state index contributed by atoms with van der Waals surface area (Å²) in [5, 5.41) is 8.75. The molecule has 1 aromatic carbocycles. The maximum Gasteiger partial charge on any atom is 0.240 e. The lowest BCUT2D eigenvalue weighted by molar-refractivity contribution is 0.114. The number of rotatable bonds is 4. The first-order valence-corrected chi connectivity index (χ1v) is 7.21. The molecule has 0 unspecified atom stereocenters. The summed E-state index contributed by atoms with van der Waals surface area (Å²) in [6.45, 7) is 0.968. The van der Waals surface area contributed by atoms with E-state index in [-0.39, 0.29) is 17.5 Å². The Kier molecular flexibility index (Phi) is 3.97. The zero-order valence-corrected chi connectivity index (χ0v) is 10.6. The number of nitrogens with zero attached hydrogens (tertiary/aromatic N) is 1. The van der Waals surface area contributed by atoms with Gasteiger partial charge in [0.15, 0.2) is 0 Å². The van der Waals surface area contributed by atoms with Crippen LogP contribution in [0, 0.1) is 11.3 Å². The van der Waals surface area contributed by atoms with Crippen LogP contribution in [-0.2, 0) is 14.8 Å². The predicted octanol–water partition coefficient (Wildman–Crippen LogP) is 1.02. The van der Waals surface area contributed by atoms with Crippen molar-refractivity contribution < 1.29 is 13.2 Å². The van der Waals surface area contributed by atoms with Crippen LogP contribution >= 0.6 is 0 Å². The third-order valence-corrected chi connectivity index (χ3v) is 4.22. The van der Waals surface area contributed by atoms with E-state index in [1.807, 2.05) is 6.07 Å². The van der Waals surface area contributed by atoms with Crippen LogP contribution in [0.25, 0.3) is 0 Å². The molecule has 1 fully saturated rings. The molecule has 0 bridgehead atoms. The minimum atomic E-state index is -3.56. The number of benzene rings is 1. The van der Waals surface area contributed by atoms with E-state index in [0.717, 1.165) is 12.8 Å². The molecule has 5 nitrogen and oxygen atoms in total. The Labute approximate surface area is 106 Å². The molecule has 0 aliphatic carbocycles. The lowest BCUT2D eigenvalue weighted by Crippen LogP contribution is -2.31. The van der Waals surface area contributed by atoms with Crippen LogP contribution in [0.4, 0.5) is 0 Å². The standard InChI is InChI=1S/C12H14N2O3S/c13-8-10-3-1-5-12(7-10)18(15,16)14-9-11-4-2-6-17-11/h1,3,5,7,11,14H,2,4,6,9H2/t11-/m0/s1. The second-order valence-electron chi connectivity index (χ2n) is 4.13. The molecule has 18 heavy (non-hydrogen) atoms. The van der Waals surface area contributed by atoms with Crippen LogP contribution in [0.3, 0.4) is 0 Å². The Hall–Kier alpha value is -1.42. The monoisotopic (exact) mass is 266 g/mol. The average Bonchev–Trinajstić information content (AvgIpc) is 2.90. The zero-order valence-electron chi connectivity index (χ0n) is 9.80. The minimum absolute atomic E-state index is 0.0427. The van der Waals surface area contributed by atoms with Crippen LogP contribution in [0.2, 0.25) is 0 Å². The molecule has 1 saturated heterocycles. The highest BCUT2D eigenvalue weighted by molar-refractivity contribution is 7.89. The Balaban J connectivity index is 2.07. The molecule has 0 saturated carbocycles. The highest BCUT2D eigenvalue weighted by Gasteiger charge is 2.20. The van der Waals surface area contributed by atoms with Gasteiger partial charge in [-0.05, 0) is 31.0 Å². The molecule has 1 heterocycles. The number of nitriles is 1. The summed E-state index contributed by atoms with van der Waals surface area (Å²) in [4.78, 5) is 0.111. The fourth-order valence-corrected chi connectivity index (χ4v) is 2.94. The number of hydrogen-bond donors (Lipinski definition) is 1. The molecule has 0 radical (unpaired) electrons. The van der Waals surface area contributed by atoms with Crippen molar-refractivity contribution in [3.8, 4) is 6.07 Å². The van der Waals surface area contributed by atoms with Crippen molar-refractivity contribution in [2.45, 2.75) is 23.8 Å². The van der Waals surface area contributed by atoms with Gasteiger partial charge >= 0.3 is 0 Å². The molecule has 2 rings (SSSR count). The smallest absolute Gasteiger partial charge is 0.240 e. The molecule has 1 aliphatic heterocycles. The SMILES string of the molecule is N#Cc1cccc(S(=O)(=O)NC[C@@H]2CCCO2)c1. The van der Waals surface area contributed by atoms with Crippen LogP contribution in [-0.4, -0.2) is 27.7 Å². The van der Waals surface area contributed by atoms with Gasteiger partial charge in [0.1, 0.15) is 0 Å². The quantitative estimate of drug-likeness (QED) is 0.882. The minimum Gasteiger partial charge on any atom is -0.377 e. The predicted molar refractivity (Wildman–Crippen MR) is 65.3 cm³/mol. The highest BCUT2D eigenvalue weighted by atomic mass is 32.2. The molecule has 1 atom stereocenters. The van der Waals surface area contributed by atoms with Gasteiger partial charge in [-0.3, -0.25) is 0 Å². The van der Waals surface area contributed by atoms with E-state index in [0.29, 0.717) is 12.2 Å². The van der Waals surface area contributed by atoms with Crippen molar-refractivity contribution in [2.75, 3.05) is 13.2 Å². The molecule has 0 aromatic heterocycles. The van der Waals surface area contributed by atoms with Gasteiger partial charge in [0.05, 0.1) is 22.6 Å². The topological polar surface area (TPSA) is 79.2 Å². The molecule has 1 N–H and O–H groups in total. The van der Waals surface area contributed by atoms with Crippen LogP contribution in [0.1, 0.15) is 18.4 Å². The Bertz CT molecular complexity index is 557. The second-order valence-corrected chi connectivity index (χ2v) is 5.89. The number of sulfonamides is 1. The summed E-state index contributed by atoms with van der Waals surface area (Å²) >= 11 is 0. The third kappa shape index (κ3) is 3.07. The first kappa shape index (κ1) is 13.0. The number of hydrogen-bond acceptors (Lipinski definition) is 4. The zero-order chi connectivity index (χ0) is 13.0. The van der Waals surface area contributed by atoms with Crippen LogP contribution < -0.4 is 4.72 Å². The summed E-state index contributed by atoms with van der Waals surface area (Å²) in [6, 6.07) is 7.87. The summed E-state index contributed by atoms with van der Waals surface area (Å²) in [6.07, 6.45) is 1.80. The van der Waals surface area contributed by atoms with Crippen molar-refractivity contribution in [1.82, 2.24) is 4.72 Å². The summed E-state index contributed by atoms with van der Waals surface area (Å²) in [5.74, 6) is 0. The van der Waals surface area contributed by atoms with Crippen molar-refractivity contribution >= 4 is 10.0 Å². The maximum absolute atomic E-state index is 12.0. The molecule has 96 valence electrons.